The van der Waals surface area contributed by atoms with Crippen LogP contribution in [0.4, 0.5) is 0 Å². The largest absolute Gasteiger partial charge is 0.486 e. The molecule has 0 aliphatic rings. The first-order chi connectivity index (χ1) is 12.2. The van der Waals surface area contributed by atoms with E-state index in [1.54, 1.807) is 12.1 Å². The van der Waals surface area contributed by atoms with Crippen molar-refractivity contribution in [1.82, 2.24) is 9.97 Å². The monoisotopic (exact) mass is 350 g/mol. The third kappa shape index (κ3) is 3.12. The maximum Gasteiger partial charge on any atom is 0.335 e. The minimum atomic E-state index is -0.971. The Bertz CT molecular complexity index is 1050. The average Bonchev–Trinajstić information content (AvgIpc) is 3.26. The van der Waals surface area contributed by atoms with Crippen LogP contribution in [-0.2, 0) is 6.61 Å². The van der Waals surface area contributed by atoms with Gasteiger partial charge in [-0.3, -0.25) is 0 Å². The summed E-state index contributed by atoms with van der Waals surface area (Å²) >= 11 is 1.52. The van der Waals surface area contributed by atoms with Gasteiger partial charge in [0.05, 0.1) is 11.3 Å². The second-order valence-corrected chi connectivity index (χ2v) is 6.44. The van der Waals surface area contributed by atoms with Crippen molar-refractivity contribution in [3.63, 3.8) is 0 Å². The fourth-order valence-electron chi connectivity index (χ4n) is 2.65. The summed E-state index contributed by atoms with van der Waals surface area (Å²) in [5, 5.41) is 13.0. The number of hydrogen-bond acceptors (Lipinski definition) is 4. The molecule has 25 heavy (non-hydrogen) atoms. The smallest absolute Gasteiger partial charge is 0.335 e. The molecule has 4 rings (SSSR count). The van der Waals surface area contributed by atoms with E-state index in [-0.39, 0.29) is 5.56 Å². The van der Waals surface area contributed by atoms with Crippen molar-refractivity contribution in [2.45, 2.75) is 6.61 Å². The van der Waals surface area contributed by atoms with Crippen LogP contribution in [0.3, 0.4) is 0 Å². The fourth-order valence-corrected chi connectivity index (χ4v) is 3.35. The Morgan fingerprint density at radius 3 is 2.96 bits per heavy atom. The van der Waals surface area contributed by atoms with Crippen LogP contribution in [0.5, 0.6) is 5.75 Å². The molecular weight excluding hydrogens is 336 g/mol. The molecule has 0 unspecified atom stereocenters. The van der Waals surface area contributed by atoms with Crippen LogP contribution in [0.25, 0.3) is 22.2 Å². The lowest BCUT2D eigenvalue weighted by Gasteiger charge is -2.04. The van der Waals surface area contributed by atoms with E-state index in [1.807, 2.05) is 29.8 Å². The number of ether oxygens (including phenoxy) is 1. The first-order valence-electron chi connectivity index (χ1n) is 7.68. The molecule has 0 amide bonds. The van der Waals surface area contributed by atoms with Gasteiger partial charge in [-0.15, -0.1) is 11.3 Å². The second-order valence-electron chi connectivity index (χ2n) is 5.50. The van der Waals surface area contributed by atoms with Crippen molar-refractivity contribution in [1.29, 1.82) is 0 Å². The van der Waals surface area contributed by atoms with E-state index in [4.69, 9.17) is 9.84 Å². The highest BCUT2D eigenvalue weighted by Crippen LogP contribution is 2.29. The van der Waals surface area contributed by atoms with Crippen LogP contribution < -0.4 is 4.74 Å². The maximum atomic E-state index is 11.0. The van der Waals surface area contributed by atoms with Gasteiger partial charge < -0.3 is 14.8 Å². The summed E-state index contributed by atoms with van der Waals surface area (Å²) < 4.78 is 5.68. The number of nitrogens with zero attached hydrogens (tertiary/aromatic N) is 1. The quantitative estimate of drug-likeness (QED) is 0.553. The molecule has 5 nitrogen and oxygen atoms in total. The number of H-pyrrole nitrogens is 1. The number of carboxylic acid groups (broad SMARTS) is 1. The van der Waals surface area contributed by atoms with Crippen LogP contribution in [0, 0.1) is 0 Å². The Balaban J connectivity index is 1.52. The van der Waals surface area contributed by atoms with Gasteiger partial charge in [-0.25, -0.2) is 9.78 Å². The number of hydrogen-bond donors (Lipinski definition) is 2. The Morgan fingerprint density at radius 1 is 1.20 bits per heavy atom. The van der Waals surface area contributed by atoms with Crippen LogP contribution in [-0.4, -0.2) is 21.0 Å². The topological polar surface area (TPSA) is 75.2 Å². The zero-order valence-corrected chi connectivity index (χ0v) is 13.9. The van der Waals surface area contributed by atoms with E-state index in [1.165, 1.54) is 23.5 Å². The molecule has 4 aromatic rings. The summed E-state index contributed by atoms with van der Waals surface area (Å²) in [6.07, 6.45) is 1.96. The molecule has 0 spiro atoms. The molecule has 0 saturated heterocycles. The van der Waals surface area contributed by atoms with E-state index in [0.29, 0.717) is 12.4 Å². The lowest BCUT2D eigenvalue weighted by atomic mass is 10.1. The zero-order chi connectivity index (χ0) is 17.2. The van der Waals surface area contributed by atoms with Gasteiger partial charge in [-0.1, -0.05) is 24.3 Å². The standard InChI is InChI=1S/C19H14N2O3S/c22-19(23)12-4-3-5-13(8-12)24-10-18-21-17(11-25-18)15-9-20-16-7-2-1-6-14(15)16/h1-9,11,20H,10H2,(H,22,23). The molecule has 0 saturated carbocycles. The van der Waals surface area contributed by atoms with Gasteiger partial charge in [0.15, 0.2) is 0 Å². The summed E-state index contributed by atoms with van der Waals surface area (Å²) in [6, 6.07) is 14.5. The molecule has 0 fully saturated rings. The summed E-state index contributed by atoms with van der Waals surface area (Å²) in [4.78, 5) is 18.9. The minimum Gasteiger partial charge on any atom is -0.486 e. The predicted molar refractivity (Wildman–Crippen MR) is 97.1 cm³/mol. The van der Waals surface area contributed by atoms with E-state index >= 15 is 0 Å². The number of aromatic carboxylic acids is 1. The number of nitrogens with one attached hydrogen (secondary N) is 1. The molecule has 124 valence electrons. The van der Waals surface area contributed by atoms with E-state index in [0.717, 1.165) is 27.2 Å². The Morgan fingerprint density at radius 2 is 2.08 bits per heavy atom. The number of carbonyl (C=O) groups is 1. The number of benzene rings is 2. The normalized spacial score (nSPS) is 10.9. The number of aromatic nitrogens is 2. The Labute approximate surface area is 147 Å². The number of thiazole rings is 1. The summed E-state index contributed by atoms with van der Waals surface area (Å²) in [5.74, 6) is -0.454. The molecule has 0 radical (unpaired) electrons. The van der Waals surface area contributed by atoms with Crippen LogP contribution in [0.1, 0.15) is 15.4 Å². The van der Waals surface area contributed by atoms with Crippen LogP contribution in [0.2, 0.25) is 0 Å². The number of para-hydroxylation sites is 1. The molecule has 0 aliphatic heterocycles. The van der Waals surface area contributed by atoms with Gasteiger partial charge in [0.1, 0.15) is 17.4 Å². The first kappa shape index (κ1) is 15.4. The summed E-state index contributed by atoms with van der Waals surface area (Å²) in [7, 11) is 0. The van der Waals surface area contributed by atoms with Gasteiger partial charge in [0.25, 0.3) is 0 Å². The van der Waals surface area contributed by atoms with E-state index in [9.17, 15) is 4.79 Å². The highest BCUT2D eigenvalue weighted by Gasteiger charge is 2.10. The lowest BCUT2D eigenvalue weighted by molar-refractivity contribution is 0.0696. The molecule has 2 aromatic carbocycles. The van der Waals surface area contributed by atoms with Gasteiger partial charge >= 0.3 is 5.97 Å². The Kier molecular flexibility index (Phi) is 3.95. The molecule has 0 bridgehead atoms. The predicted octanol–water partition coefficient (Wildman–Crippen LogP) is 4.57. The highest BCUT2D eigenvalue weighted by atomic mass is 32.1. The number of rotatable bonds is 5. The van der Waals surface area contributed by atoms with Crippen LogP contribution >= 0.6 is 11.3 Å². The van der Waals surface area contributed by atoms with E-state index in [2.05, 4.69) is 16.0 Å². The molecular formula is C19H14N2O3S. The highest BCUT2D eigenvalue weighted by molar-refractivity contribution is 7.09. The van der Waals surface area contributed by atoms with Crippen molar-refractivity contribution in [2.24, 2.45) is 0 Å². The van der Waals surface area contributed by atoms with Crippen molar-refractivity contribution in [3.8, 4) is 17.0 Å². The Hall–Kier alpha value is -3.12. The second kappa shape index (κ2) is 6.41. The molecule has 2 aromatic heterocycles. The number of aromatic amines is 1. The third-order valence-electron chi connectivity index (χ3n) is 3.86. The van der Waals surface area contributed by atoms with Crippen molar-refractivity contribution in [2.75, 3.05) is 0 Å². The van der Waals surface area contributed by atoms with Crippen molar-refractivity contribution in [3.05, 3.63) is 70.7 Å². The van der Waals surface area contributed by atoms with Gasteiger partial charge in [-0.05, 0) is 24.3 Å². The molecule has 2 heterocycles. The zero-order valence-electron chi connectivity index (χ0n) is 13.1. The summed E-state index contributed by atoms with van der Waals surface area (Å²) in [6.45, 7) is 0.302. The van der Waals surface area contributed by atoms with Crippen LogP contribution in [0.15, 0.2) is 60.1 Å². The molecule has 0 aliphatic carbocycles. The number of fused-ring (bicyclic) bond motifs is 1. The fraction of sp³-hybridized carbons (Fsp3) is 0.0526. The summed E-state index contributed by atoms with van der Waals surface area (Å²) in [5.41, 5.74) is 3.25. The average molecular weight is 350 g/mol. The molecule has 2 N–H and O–H groups in total. The lowest BCUT2D eigenvalue weighted by Crippen LogP contribution is -1.99. The van der Waals surface area contributed by atoms with Gasteiger partial charge in [-0.2, -0.15) is 0 Å². The van der Waals surface area contributed by atoms with Gasteiger partial charge in [0, 0.05) is 28.0 Å². The maximum absolute atomic E-state index is 11.0. The molecule has 6 heteroatoms. The first-order valence-corrected chi connectivity index (χ1v) is 8.56. The van der Waals surface area contributed by atoms with Crippen molar-refractivity contribution >= 4 is 28.2 Å². The van der Waals surface area contributed by atoms with Gasteiger partial charge in [0.2, 0.25) is 0 Å². The number of carboxylic acids is 1. The SMILES string of the molecule is O=C(O)c1cccc(OCc2nc(-c3c[nH]c4ccccc34)cs2)c1. The molecule has 0 atom stereocenters. The minimum absolute atomic E-state index is 0.205. The van der Waals surface area contributed by atoms with Crippen molar-refractivity contribution < 1.29 is 14.6 Å². The van der Waals surface area contributed by atoms with E-state index < -0.39 is 5.97 Å². The third-order valence-corrected chi connectivity index (χ3v) is 4.68.